The highest BCUT2D eigenvalue weighted by molar-refractivity contribution is 14.1. The summed E-state index contributed by atoms with van der Waals surface area (Å²) in [6.07, 6.45) is 3.26. The molecule has 4 aromatic rings. The lowest BCUT2D eigenvalue weighted by molar-refractivity contribution is -0.136. The second-order valence-electron chi connectivity index (χ2n) is 10.1. The number of aryl methyl sites for hydroxylation is 1. The van der Waals surface area contributed by atoms with Gasteiger partial charge in [-0.2, -0.15) is 0 Å². The van der Waals surface area contributed by atoms with E-state index in [1.165, 1.54) is 29.2 Å². The predicted octanol–water partition coefficient (Wildman–Crippen LogP) is 5.32. The van der Waals surface area contributed by atoms with E-state index >= 15 is 0 Å². The first-order valence-electron chi connectivity index (χ1n) is 14.3. The first-order chi connectivity index (χ1) is 21.8. The average molecular weight is 741 g/mol. The number of ether oxygens (including phenoxy) is 5. The molecule has 11 heteroatoms. The largest absolute Gasteiger partial charge is 0.493 e. The fourth-order valence-corrected chi connectivity index (χ4v) is 6.81. The Kier molecular flexibility index (Phi) is 10.3. The number of thiazole rings is 1. The zero-order valence-electron chi connectivity index (χ0n) is 25.6. The quantitative estimate of drug-likeness (QED) is 0.152. The van der Waals surface area contributed by atoms with Crippen LogP contribution in [0.4, 0.5) is 0 Å². The second-order valence-corrected chi connectivity index (χ2v) is 12.2. The maximum atomic E-state index is 14.0. The van der Waals surface area contributed by atoms with Gasteiger partial charge in [-0.15, -0.1) is 0 Å². The molecule has 0 amide bonds. The van der Waals surface area contributed by atoms with Gasteiger partial charge in [0.1, 0.15) is 6.61 Å². The maximum Gasteiger partial charge on any atom is 0.337 e. The summed E-state index contributed by atoms with van der Waals surface area (Å²) < 4.78 is 31.3. The predicted molar refractivity (Wildman–Crippen MR) is 181 cm³/mol. The summed E-state index contributed by atoms with van der Waals surface area (Å²) in [5.41, 5.74) is 3.57. The zero-order valence-corrected chi connectivity index (χ0v) is 28.6. The first kappa shape index (κ1) is 32.3. The van der Waals surface area contributed by atoms with Crippen molar-refractivity contribution in [3.63, 3.8) is 0 Å². The van der Waals surface area contributed by atoms with E-state index in [4.69, 9.17) is 23.7 Å². The molecular formula is C34H33IN2O7S. The Bertz CT molecular complexity index is 1950. The fraction of sp³-hybridized carbons (Fsp3) is 0.265. The van der Waals surface area contributed by atoms with Gasteiger partial charge < -0.3 is 23.7 Å². The Balaban J connectivity index is 1.56. The highest BCUT2D eigenvalue weighted by Crippen LogP contribution is 2.36. The molecule has 9 nitrogen and oxygen atoms in total. The Labute approximate surface area is 278 Å². The summed E-state index contributed by atoms with van der Waals surface area (Å²) in [4.78, 5) is 31.8. The van der Waals surface area contributed by atoms with Crippen LogP contribution < -0.4 is 33.8 Å². The third-order valence-corrected chi connectivity index (χ3v) is 8.82. The lowest BCUT2D eigenvalue weighted by Crippen LogP contribution is -2.39. The van der Waals surface area contributed by atoms with Crippen LogP contribution in [-0.2, 0) is 16.1 Å². The lowest BCUT2D eigenvalue weighted by atomic mass is 9.97. The summed E-state index contributed by atoms with van der Waals surface area (Å²) >= 11 is 3.45. The molecule has 234 valence electrons. The van der Waals surface area contributed by atoms with Crippen LogP contribution in [0.3, 0.4) is 0 Å². The third kappa shape index (κ3) is 6.94. The Morgan fingerprint density at radius 2 is 1.78 bits per heavy atom. The number of methoxy groups -OCH3 is 2. The van der Waals surface area contributed by atoms with Gasteiger partial charge in [-0.05, 0) is 90.4 Å². The number of hydrogen-bond donors (Lipinski definition) is 0. The first-order valence-corrected chi connectivity index (χ1v) is 16.2. The molecule has 0 fully saturated rings. The molecule has 1 aliphatic rings. The monoisotopic (exact) mass is 740 g/mol. The molecule has 1 aliphatic heterocycles. The summed E-state index contributed by atoms with van der Waals surface area (Å²) in [5, 5.41) is 0. The molecule has 5 rings (SSSR count). The van der Waals surface area contributed by atoms with E-state index in [1.807, 2.05) is 57.2 Å². The lowest BCUT2D eigenvalue weighted by Gasteiger charge is -2.23. The number of aromatic nitrogens is 1. The van der Waals surface area contributed by atoms with Crippen LogP contribution in [0.2, 0.25) is 0 Å². The van der Waals surface area contributed by atoms with Crippen LogP contribution in [-0.4, -0.2) is 38.0 Å². The van der Waals surface area contributed by atoms with E-state index in [-0.39, 0.29) is 11.1 Å². The van der Waals surface area contributed by atoms with Crippen LogP contribution in [0.15, 0.2) is 76.2 Å². The number of halogens is 1. The Hall–Kier alpha value is -4.10. The van der Waals surface area contributed by atoms with Crippen LogP contribution in [0.1, 0.15) is 42.1 Å². The van der Waals surface area contributed by atoms with Gasteiger partial charge in [0.2, 0.25) is 0 Å². The molecule has 3 aromatic carbocycles. The van der Waals surface area contributed by atoms with E-state index in [0.29, 0.717) is 57.7 Å². The Morgan fingerprint density at radius 3 is 2.49 bits per heavy atom. The van der Waals surface area contributed by atoms with Gasteiger partial charge in [0.05, 0.1) is 47.2 Å². The van der Waals surface area contributed by atoms with Crippen molar-refractivity contribution < 1.29 is 28.5 Å². The number of benzene rings is 3. The molecule has 0 unspecified atom stereocenters. The summed E-state index contributed by atoms with van der Waals surface area (Å²) in [6, 6.07) is 16.5. The summed E-state index contributed by atoms with van der Waals surface area (Å²) in [6.45, 7) is 7.09. The van der Waals surface area contributed by atoms with Gasteiger partial charge in [-0.3, -0.25) is 9.36 Å². The number of carbonyl (C=O) groups excluding carboxylic acids is 1. The van der Waals surface area contributed by atoms with Crippen LogP contribution in [0.25, 0.3) is 6.08 Å². The van der Waals surface area contributed by atoms with Crippen LogP contribution in [0, 0.1) is 10.5 Å². The maximum absolute atomic E-state index is 14.0. The fourth-order valence-electron chi connectivity index (χ4n) is 5.06. The molecule has 0 radical (unpaired) electrons. The van der Waals surface area contributed by atoms with Crippen molar-refractivity contribution in [3.8, 4) is 23.0 Å². The van der Waals surface area contributed by atoms with Crippen LogP contribution in [0.5, 0.6) is 23.0 Å². The highest BCUT2D eigenvalue weighted by Gasteiger charge is 2.31. The minimum Gasteiger partial charge on any atom is -0.493 e. The summed E-state index contributed by atoms with van der Waals surface area (Å²) in [5.74, 6) is 1.70. The smallest absolute Gasteiger partial charge is 0.337 e. The topological polar surface area (TPSA) is 97.6 Å². The second kappa shape index (κ2) is 14.3. The molecule has 0 bridgehead atoms. The van der Waals surface area contributed by atoms with Gasteiger partial charge >= 0.3 is 5.97 Å². The van der Waals surface area contributed by atoms with E-state index in [0.717, 1.165) is 20.3 Å². The average Bonchev–Trinajstić information content (AvgIpc) is 3.35. The molecule has 2 heterocycles. The van der Waals surface area contributed by atoms with E-state index in [1.54, 1.807) is 25.3 Å². The van der Waals surface area contributed by atoms with Crippen molar-refractivity contribution in [1.82, 2.24) is 4.57 Å². The molecular weight excluding hydrogens is 707 g/mol. The number of hydrogen-bond acceptors (Lipinski definition) is 9. The standard InChI is InChI=1S/C34H33IN2O7S/c1-6-42-26-12-11-23(17-27(26)43-7-2)30-24(33(39)41-5)18-36-34-37(30)32(38)29(45-34)16-22-14-25(35)31(28(15-22)40-4)44-19-21-10-8-9-20(3)13-21/h8-18,30H,6-7,19H2,1-5H3/b29-16-/t30-/m0/s1. The van der Waals surface area contributed by atoms with Crippen molar-refractivity contribution >= 4 is 46.0 Å². The van der Waals surface area contributed by atoms with Gasteiger partial charge in [0.25, 0.3) is 5.56 Å². The molecule has 0 aliphatic carbocycles. The number of carbonyl (C=O) groups is 1. The van der Waals surface area contributed by atoms with Gasteiger partial charge in [-0.25, -0.2) is 9.79 Å². The van der Waals surface area contributed by atoms with E-state index in [2.05, 4.69) is 33.6 Å². The van der Waals surface area contributed by atoms with Crippen molar-refractivity contribution in [2.24, 2.45) is 4.99 Å². The van der Waals surface area contributed by atoms with Crippen LogP contribution >= 0.6 is 33.9 Å². The Morgan fingerprint density at radius 1 is 1.00 bits per heavy atom. The van der Waals surface area contributed by atoms with Gasteiger partial charge in [0.15, 0.2) is 27.8 Å². The third-order valence-electron chi connectivity index (χ3n) is 7.02. The number of fused-ring (bicyclic) bond motifs is 1. The molecule has 1 atom stereocenters. The van der Waals surface area contributed by atoms with Gasteiger partial charge in [-0.1, -0.05) is 47.2 Å². The van der Waals surface area contributed by atoms with Crippen molar-refractivity contribution in [3.05, 3.63) is 112 Å². The molecule has 45 heavy (non-hydrogen) atoms. The normalized spacial score (nSPS) is 14.2. The number of esters is 1. The van der Waals surface area contributed by atoms with Crippen molar-refractivity contribution in [1.29, 1.82) is 0 Å². The highest BCUT2D eigenvalue weighted by atomic mass is 127. The molecule has 0 spiro atoms. The molecule has 1 aromatic heterocycles. The van der Waals surface area contributed by atoms with E-state index in [9.17, 15) is 9.59 Å². The van der Waals surface area contributed by atoms with Crippen molar-refractivity contribution in [2.45, 2.75) is 33.4 Å². The minimum absolute atomic E-state index is 0.231. The molecule has 0 N–H and O–H groups in total. The zero-order chi connectivity index (χ0) is 32.1. The molecule has 0 saturated heterocycles. The minimum atomic E-state index is -0.780. The number of nitrogens with zero attached hydrogens (tertiary/aromatic N) is 2. The summed E-state index contributed by atoms with van der Waals surface area (Å²) in [7, 11) is 2.89. The number of rotatable bonds is 11. The SMILES string of the molecule is CCOc1ccc([C@H]2C(C(=O)OC)=CN=c3s/c(=C\c4cc(I)c(OCc5cccc(C)c5)c(OC)c4)c(=O)n32)cc1OCC. The van der Waals surface area contributed by atoms with Gasteiger partial charge in [0, 0.05) is 6.20 Å². The molecule has 0 saturated carbocycles. The van der Waals surface area contributed by atoms with Crippen molar-refractivity contribution in [2.75, 3.05) is 27.4 Å². The van der Waals surface area contributed by atoms with E-state index < -0.39 is 12.0 Å².